The van der Waals surface area contributed by atoms with Gasteiger partial charge in [0.25, 0.3) is 0 Å². The van der Waals surface area contributed by atoms with Crippen molar-refractivity contribution in [3.8, 4) is 0 Å². The number of benzene rings is 3. The van der Waals surface area contributed by atoms with Crippen molar-refractivity contribution in [2.24, 2.45) is 0 Å². The van der Waals surface area contributed by atoms with Gasteiger partial charge in [0.05, 0.1) is 0 Å². The van der Waals surface area contributed by atoms with Crippen LogP contribution in [0.2, 0.25) is 0 Å². The fraction of sp³-hybridized carbons (Fsp3) is 0.130. The summed E-state index contributed by atoms with van der Waals surface area (Å²) >= 11 is 0. The van der Waals surface area contributed by atoms with E-state index in [9.17, 15) is 9.59 Å². The number of hydrogen-bond donors (Lipinski definition) is 0. The van der Waals surface area contributed by atoms with Gasteiger partial charge in [-0.3, -0.25) is 4.79 Å². The largest absolute Gasteiger partial charge is 0.422 e. The number of ketones is 1. The summed E-state index contributed by atoms with van der Waals surface area (Å²) in [6, 6.07) is 19.2. The van der Waals surface area contributed by atoms with E-state index in [0.717, 1.165) is 27.3 Å². The Morgan fingerprint density at radius 3 is 2.35 bits per heavy atom. The van der Waals surface area contributed by atoms with Crippen LogP contribution in [0, 0.1) is 13.8 Å². The Kier molecular flexibility index (Phi) is 3.92. The minimum absolute atomic E-state index is 0.0367. The second kappa shape index (κ2) is 6.26. The zero-order valence-electron chi connectivity index (χ0n) is 14.7. The van der Waals surface area contributed by atoms with Gasteiger partial charge in [-0.05, 0) is 48.4 Å². The Morgan fingerprint density at radius 1 is 0.885 bits per heavy atom. The lowest BCUT2D eigenvalue weighted by atomic mass is 9.98. The minimum atomic E-state index is -0.453. The van der Waals surface area contributed by atoms with Crippen LogP contribution in [-0.4, -0.2) is 5.78 Å². The van der Waals surface area contributed by atoms with E-state index in [4.69, 9.17) is 4.42 Å². The number of carbonyl (C=O) groups is 1. The lowest BCUT2D eigenvalue weighted by Crippen LogP contribution is -2.14. The third-order valence-electron chi connectivity index (χ3n) is 4.71. The molecule has 0 radical (unpaired) electrons. The summed E-state index contributed by atoms with van der Waals surface area (Å²) in [6.07, 6.45) is 0.0367. The quantitative estimate of drug-likeness (QED) is 0.299. The molecule has 0 fully saturated rings. The van der Waals surface area contributed by atoms with E-state index in [2.05, 4.69) is 0 Å². The first kappa shape index (κ1) is 16.3. The van der Waals surface area contributed by atoms with Crippen molar-refractivity contribution in [3.05, 3.63) is 93.3 Å². The number of Topliss-reactive ketones (excluding diaryl/α,β-unsaturated/α-hetero) is 1. The average Bonchev–Trinajstić information content (AvgIpc) is 2.60. The van der Waals surface area contributed by atoms with Gasteiger partial charge in [-0.1, -0.05) is 48.0 Å². The third-order valence-corrected chi connectivity index (χ3v) is 4.71. The van der Waals surface area contributed by atoms with Gasteiger partial charge in [0.15, 0.2) is 5.78 Å². The highest BCUT2D eigenvalue weighted by Crippen LogP contribution is 2.23. The molecule has 0 N–H and O–H groups in total. The lowest BCUT2D eigenvalue weighted by molar-refractivity contribution is 0.0991. The zero-order chi connectivity index (χ0) is 18.3. The van der Waals surface area contributed by atoms with Crippen molar-refractivity contribution in [2.75, 3.05) is 0 Å². The number of carbonyl (C=O) groups excluding carboxylic acids is 1. The Morgan fingerprint density at radius 2 is 1.62 bits per heavy atom. The van der Waals surface area contributed by atoms with E-state index in [1.807, 2.05) is 68.4 Å². The first-order valence-electron chi connectivity index (χ1n) is 8.57. The van der Waals surface area contributed by atoms with Crippen LogP contribution in [0.4, 0.5) is 0 Å². The van der Waals surface area contributed by atoms with Gasteiger partial charge in [0.1, 0.15) is 5.58 Å². The molecule has 0 aliphatic heterocycles. The van der Waals surface area contributed by atoms with Crippen LogP contribution in [0.25, 0.3) is 21.7 Å². The summed E-state index contributed by atoms with van der Waals surface area (Å²) in [7, 11) is 0. The fourth-order valence-electron chi connectivity index (χ4n) is 3.37. The molecule has 3 aromatic carbocycles. The molecular weight excluding hydrogens is 324 g/mol. The van der Waals surface area contributed by atoms with Crippen LogP contribution in [0.15, 0.2) is 69.9 Å². The lowest BCUT2D eigenvalue weighted by Gasteiger charge is -2.07. The summed E-state index contributed by atoms with van der Waals surface area (Å²) in [6.45, 7) is 3.90. The van der Waals surface area contributed by atoms with E-state index >= 15 is 0 Å². The molecule has 0 bridgehead atoms. The predicted molar refractivity (Wildman–Crippen MR) is 104 cm³/mol. The van der Waals surface area contributed by atoms with Crippen molar-refractivity contribution >= 4 is 27.5 Å². The molecule has 0 unspecified atom stereocenters. The summed E-state index contributed by atoms with van der Waals surface area (Å²) < 4.78 is 5.48. The number of fused-ring (bicyclic) bond motifs is 2. The second-order valence-corrected chi connectivity index (χ2v) is 6.71. The molecule has 1 heterocycles. The maximum Gasteiger partial charge on any atom is 0.339 e. The molecule has 128 valence electrons. The molecule has 0 aliphatic rings. The maximum atomic E-state index is 12.7. The minimum Gasteiger partial charge on any atom is -0.422 e. The van der Waals surface area contributed by atoms with Crippen LogP contribution in [0.3, 0.4) is 0 Å². The zero-order valence-corrected chi connectivity index (χ0v) is 14.7. The number of aryl methyl sites for hydroxylation is 2. The molecule has 0 atom stereocenters. The van der Waals surface area contributed by atoms with Gasteiger partial charge in [0.2, 0.25) is 0 Å². The first-order chi connectivity index (χ1) is 12.5. The maximum absolute atomic E-state index is 12.7. The van der Waals surface area contributed by atoms with Crippen LogP contribution in [0.5, 0.6) is 0 Å². The van der Waals surface area contributed by atoms with Crippen molar-refractivity contribution in [1.82, 2.24) is 0 Å². The summed E-state index contributed by atoms with van der Waals surface area (Å²) in [5.41, 5.74) is 3.15. The van der Waals surface area contributed by atoms with E-state index < -0.39 is 5.63 Å². The molecule has 3 heteroatoms. The van der Waals surface area contributed by atoms with Crippen molar-refractivity contribution in [1.29, 1.82) is 0 Å². The highest BCUT2D eigenvalue weighted by molar-refractivity contribution is 6.00. The Hall–Kier alpha value is -3.20. The summed E-state index contributed by atoms with van der Waals surface area (Å²) in [4.78, 5) is 25.0. The normalized spacial score (nSPS) is 11.2. The van der Waals surface area contributed by atoms with Crippen molar-refractivity contribution in [3.63, 3.8) is 0 Å². The van der Waals surface area contributed by atoms with Crippen LogP contribution < -0.4 is 5.63 Å². The van der Waals surface area contributed by atoms with Gasteiger partial charge in [-0.2, -0.15) is 0 Å². The number of hydrogen-bond acceptors (Lipinski definition) is 3. The fourth-order valence-corrected chi connectivity index (χ4v) is 3.37. The Bertz CT molecular complexity index is 1220. The first-order valence-corrected chi connectivity index (χ1v) is 8.57. The van der Waals surface area contributed by atoms with Crippen LogP contribution in [-0.2, 0) is 6.42 Å². The topological polar surface area (TPSA) is 47.3 Å². The molecule has 3 nitrogen and oxygen atoms in total. The van der Waals surface area contributed by atoms with Gasteiger partial charge in [-0.25, -0.2) is 4.79 Å². The van der Waals surface area contributed by atoms with E-state index in [-0.39, 0.29) is 12.2 Å². The van der Waals surface area contributed by atoms with Gasteiger partial charge in [-0.15, -0.1) is 0 Å². The molecule has 0 saturated heterocycles. The van der Waals surface area contributed by atoms with Gasteiger partial charge in [0, 0.05) is 22.9 Å². The average molecular weight is 342 g/mol. The molecule has 4 rings (SSSR count). The molecule has 0 amide bonds. The molecule has 0 saturated carbocycles. The van der Waals surface area contributed by atoms with Crippen molar-refractivity contribution < 1.29 is 9.21 Å². The molecule has 4 aromatic rings. The SMILES string of the molecule is Cc1ccc(C(=O)Cc2cc3cc4ccccc4cc3oc2=O)c(C)c1. The molecular formula is C23H18O3. The second-order valence-electron chi connectivity index (χ2n) is 6.71. The molecule has 26 heavy (non-hydrogen) atoms. The monoisotopic (exact) mass is 342 g/mol. The van der Waals surface area contributed by atoms with Crippen molar-refractivity contribution in [2.45, 2.75) is 20.3 Å². The summed E-state index contributed by atoms with van der Waals surface area (Å²) in [5, 5.41) is 2.91. The smallest absolute Gasteiger partial charge is 0.339 e. The number of rotatable bonds is 3. The molecule has 1 aromatic heterocycles. The van der Waals surface area contributed by atoms with Crippen LogP contribution >= 0.6 is 0 Å². The van der Waals surface area contributed by atoms with E-state index in [1.54, 1.807) is 6.07 Å². The molecule has 0 aliphatic carbocycles. The van der Waals surface area contributed by atoms with Gasteiger partial charge < -0.3 is 4.42 Å². The van der Waals surface area contributed by atoms with E-state index in [1.165, 1.54) is 0 Å². The molecule has 0 spiro atoms. The standard InChI is InChI=1S/C23H18O3/c1-14-7-8-20(15(2)9-14)21(24)12-19-11-18-10-16-5-3-4-6-17(16)13-22(18)26-23(19)25/h3-11,13H,12H2,1-2H3. The van der Waals surface area contributed by atoms with Crippen LogP contribution in [0.1, 0.15) is 27.0 Å². The Balaban J connectivity index is 1.76. The highest BCUT2D eigenvalue weighted by atomic mass is 16.4. The summed E-state index contributed by atoms with van der Waals surface area (Å²) in [5.74, 6) is -0.0741. The predicted octanol–water partition coefficient (Wildman–Crippen LogP) is 4.99. The van der Waals surface area contributed by atoms with Gasteiger partial charge >= 0.3 is 5.63 Å². The highest BCUT2D eigenvalue weighted by Gasteiger charge is 2.14. The van der Waals surface area contributed by atoms with E-state index in [0.29, 0.717) is 16.7 Å². The Labute approximate surface area is 150 Å². The third kappa shape index (κ3) is 2.93.